The van der Waals surface area contributed by atoms with Crippen molar-refractivity contribution >= 4 is 6.08 Å². The third-order valence-corrected chi connectivity index (χ3v) is 5.14. The molecule has 0 saturated carbocycles. The molecule has 2 atom stereocenters. The van der Waals surface area contributed by atoms with Crippen molar-refractivity contribution in [3.8, 4) is 23.0 Å². The number of benzene rings is 2. The quantitative estimate of drug-likeness (QED) is 0.780. The predicted molar refractivity (Wildman–Crippen MR) is 110 cm³/mol. The summed E-state index contributed by atoms with van der Waals surface area (Å²) in [6.07, 6.45) is 3.22. The highest BCUT2D eigenvalue weighted by Crippen LogP contribution is 2.44. The normalized spacial score (nSPS) is 16.5. The number of aliphatic hydroxyl groups excluding tert-OH is 1. The average molecular weight is 384 g/mol. The monoisotopic (exact) mass is 384 g/mol. The molecule has 5 nitrogen and oxygen atoms in total. The highest BCUT2D eigenvalue weighted by molar-refractivity contribution is 5.69. The van der Waals surface area contributed by atoms with Crippen LogP contribution in [0.3, 0.4) is 0 Å². The Kier molecular flexibility index (Phi) is 5.57. The zero-order valence-corrected chi connectivity index (χ0v) is 17.3. The minimum Gasteiger partial charge on any atom is -0.496 e. The molecule has 1 unspecified atom stereocenters. The van der Waals surface area contributed by atoms with Crippen molar-refractivity contribution in [2.45, 2.75) is 38.4 Å². The van der Waals surface area contributed by atoms with Crippen LogP contribution in [0.25, 0.3) is 6.08 Å². The third kappa shape index (κ3) is 3.67. The first-order chi connectivity index (χ1) is 13.3. The fourth-order valence-electron chi connectivity index (χ4n) is 3.49. The van der Waals surface area contributed by atoms with Gasteiger partial charge < -0.3 is 24.1 Å². The number of ether oxygens (including phenoxy) is 4. The van der Waals surface area contributed by atoms with Gasteiger partial charge in [-0.25, -0.2) is 0 Å². The lowest BCUT2D eigenvalue weighted by Gasteiger charge is -2.30. The van der Waals surface area contributed by atoms with Gasteiger partial charge in [0.2, 0.25) is 0 Å². The standard InChI is InChI=1S/C23H28O5/c1-14(15-7-9-19(25-4)20(13-15)26-5)21(24)17-8-10-18-16(22(17)27-6)11-12-23(2,3)28-18/h7-14,21,24H,1-6H3/t14-,21?/m1/s1. The molecule has 5 heteroatoms. The molecule has 0 aliphatic carbocycles. The summed E-state index contributed by atoms with van der Waals surface area (Å²) in [4.78, 5) is 0. The van der Waals surface area contributed by atoms with Crippen LogP contribution >= 0.6 is 0 Å². The van der Waals surface area contributed by atoms with Crippen molar-refractivity contribution in [3.63, 3.8) is 0 Å². The largest absolute Gasteiger partial charge is 0.496 e. The van der Waals surface area contributed by atoms with E-state index in [4.69, 9.17) is 18.9 Å². The summed E-state index contributed by atoms with van der Waals surface area (Å²) in [7, 11) is 4.81. The molecule has 28 heavy (non-hydrogen) atoms. The Balaban J connectivity index is 1.97. The molecule has 2 aromatic rings. The fraction of sp³-hybridized carbons (Fsp3) is 0.391. The average Bonchev–Trinajstić information content (AvgIpc) is 2.70. The van der Waals surface area contributed by atoms with E-state index in [1.807, 2.05) is 63.3 Å². The smallest absolute Gasteiger partial charge is 0.160 e. The number of hydrogen-bond donors (Lipinski definition) is 1. The second-order valence-corrected chi connectivity index (χ2v) is 7.49. The molecule has 0 saturated heterocycles. The van der Waals surface area contributed by atoms with E-state index in [0.29, 0.717) is 17.2 Å². The molecule has 0 spiro atoms. The Morgan fingerprint density at radius 1 is 0.964 bits per heavy atom. The van der Waals surface area contributed by atoms with Crippen molar-refractivity contribution in [1.82, 2.24) is 0 Å². The molecule has 1 aliphatic heterocycles. The van der Waals surface area contributed by atoms with Gasteiger partial charge in [-0.2, -0.15) is 0 Å². The summed E-state index contributed by atoms with van der Waals surface area (Å²) in [6, 6.07) is 9.44. The molecule has 1 aliphatic rings. The highest BCUT2D eigenvalue weighted by atomic mass is 16.5. The van der Waals surface area contributed by atoms with Gasteiger partial charge in [-0.3, -0.25) is 0 Å². The van der Waals surface area contributed by atoms with E-state index in [1.165, 1.54) is 0 Å². The van der Waals surface area contributed by atoms with Gasteiger partial charge in [0.05, 0.1) is 33.0 Å². The van der Waals surface area contributed by atoms with Crippen molar-refractivity contribution in [2.24, 2.45) is 0 Å². The van der Waals surface area contributed by atoms with Gasteiger partial charge in [-0.15, -0.1) is 0 Å². The number of rotatable bonds is 6. The van der Waals surface area contributed by atoms with Gasteiger partial charge in [-0.05, 0) is 55.8 Å². The van der Waals surface area contributed by atoms with E-state index in [2.05, 4.69) is 0 Å². The molecule has 0 amide bonds. The van der Waals surface area contributed by atoms with Gasteiger partial charge in [0.15, 0.2) is 11.5 Å². The van der Waals surface area contributed by atoms with Crippen LogP contribution in [-0.2, 0) is 0 Å². The molecule has 2 aromatic carbocycles. The van der Waals surface area contributed by atoms with Gasteiger partial charge in [0.25, 0.3) is 0 Å². The van der Waals surface area contributed by atoms with Crippen LogP contribution in [0.1, 0.15) is 49.5 Å². The first kappa shape index (κ1) is 20.1. The van der Waals surface area contributed by atoms with Gasteiger partial charge in [-0.1, -0.05) is 13.0 Å². The minimum absolute atomic E-state index is 0.184. The molecule has 0 radical (unpaired) electrons. The maximum absolute atomic E-state index is 11.1. The van der Waals surface area contributed by atoms with Gasteiger partial charge in [0, 0.05) is 11.5 Å². The molecule has 0 aromatic heterocycles. The molecule has 0 bridgehead atoms. The van der Waals surface area contributed by atoms with E-state index in [9.17, 15) is 5.11 Å². The van der Waals surface area contributed by atoms with Crippen LogP contribution in [0.4, 0.5) is 0 Å². The van der Waals surface area contributed by atoms with Crippen LogP contribution in [0.2, 0.25) is 0 Å². The first-order valence-electron chi connectivity index (χ1n) is 9.30. The Hall–Kier alpha value is -2.66. The summed E-state index contributed by atoms with van der Waals surface area (Å²) in [5.41, 5.74) is 2.14. The summed E-state index contributed by atoms with van der Waals surface area (Å²) in [6.45, 7) is 5.97. The van der Waals surface area contributed by atoms with Gasteiger partial charge in [0.1, 0.15) is 17.1 Å². The second-order valence-electron chi connectivity index (χ2n) is 7.49. The van der Waals surface area contributed by atoms with Crippen LogP contribution in [0.15, 0.2) is 36.4 Å². The maximum Gasteiger partial charge on any atom is 0.160 e. The summed E-state index contributed by atoms with van der Waals surface area (Å²) in [5.74, 6) is 2.49. The van der Waals surface area contributed by atoms with Crippen LogP contribution < -0.4 is 18.9 Å². The Labute approximate surface area is 166 Å². The van der Waals surface area contributed by atoms with Crippen LogP contribution in [-0.4, -0.2) is 32.0 Å². The second kappa shape index (κ2) is 7.76. The van der Waals surface area contributed by atoms with Crippen LogP contribution in [0, 0.1) is 0 Å². The van der Waals surface area contributed by atoms with E-state index < -0.39 is 6.10 Å². The molecule has 1 heterocycles. The molecule has 3 rings (SSSR count). The highest BCUT2D eigenvalue weighted by Gasteiger charge is 2.29. The van der Waals surface area contributed by atoms with Crippen molar-refractivity contribution in [1.29, 1.82) is 0 Å². The number of fused-ring (bicyclic) bond motifs is 1. The van der Waals surface area contributed by atoms with Crippen molar-refractivity contribution < 1.29 is 24.1 Å². The van der Waals surface area contributed by atoms with Crippen LogP contribution in [0.5, 0.6) is 23.0 Å². The topological polar surface area (TPSA) is 57.2 Å². The number of aliphatic hydroxyl groups is 1. The summed E-state index contributed by atoms with van der Waals surface area (Å²) >= 11 is 0. The number of hydrogen-bond acceptors (Lipinski definition) is 5. The van der Waals surface area contributed by atoms with Gasteiger partial charge >= 0.3 is 0 Å². The SMILES string of the molecule is COc1ccc([C@@H](C)C(O)c2ccc3c(c2OC)C=CC(C)(C)O3)cc1OC. The third-order valence-electron chi connectivity index (χ3n) is 5.14. The lowest BCUT2D eigenvalue weighted by Crippen LogP contribution is -2.27. The minimum atomic E-state index is -0.762. The van der Waals surface area contributed by atoms with E-state index >= 15 is 0 Å². The zero-order valence-electron chi connectivity index (χ0n) is 17.3. The lowest BCUT2D eigenvalue weighted by molar-refractivity contribution is 0.145. The molecule has 1 N–H and O–H groups in total. The molecular formula is C23H28O5. The van der Waals surface area contributed by atoms with E-state index in [-0.39, 0.29) is 11.5 Å². The molecule has 0 fully saturated rings. The maximum atomic E-state index is 11.1. The van der Waals surface area contributed by atoms with E-state index in [1.54, 1.807) is 21.3 Å². The number of methoxy groups -OCH3 is 3. The Morgan fingerprint density at radius 3 is 2.32 bits per heavy atom. The Morgan fingerprint density at radius 2 is 1.68 bits per heavy atom. The van der Waals surface area contributed by atoms with E-state index in [0.717, 1.165) is 22.4 Å². The molecule has 150 valence electrons. The summed E-state index contributed by atoms with van der Waals surface area (Å²) < 4.78 is 22.4. The zero-order chi connectivity index (χ0) is 20.5. The Bertz CT molecular complexity index is 885. The predicted octanol–water partition coefficient (Wildman–Crippen LogP) is 4.73. The lowest BCUT2D eigenvalue weighted by atomic mass is 9.88. The first-order valence-corrected chi connectivity index (χ1v) is 9.30. The van der Waals surface area contributed by atoms with Crippen molar-refractivity contribution in [2.75, 3.05) is 21.3 Å². The fourth-order valence-corrected chi connectivity index (χ4v) is 3.49. The summed E-state index contributed by atoms with van der Waals surface area (Å²) in [5, 5.41) is 11.1. The van der Waals surface area contributed by atoms with Crippen molar-refractivity contribution in [3.05, 3.63) is 53.1 Å². The molecular weight excluding hydrogens is 356 g/mol.